The Morgan fingerprint density at radius 2 is 1.89 bits per heavy atom. The summed E-state index contributed by atoms with van der Waals surface area (Å²) in [4.78, 5) is 36.4. The molecule has 4 aliphatic rings. The zero-order valence-corrected chi connectivity index (χ0v) is 26.7. The number of likely N-dealkylation sites (tertiary alicyclic amines) is 2. The molecule has 1 saturated carbocycles. The number of rotatable bonds is 10. The minimum Gasteiger partial charge on any atom is -0.395 e. The summed E-state index contributed by atoms with van der Waals surface area (Å²) in [5.41, 5.74) is 6.15. The SMILES string of the molecule is CN1CC(NC(=O)c2cccc([C@@H](CCN3CCC[C@H]3CO)NC(=O)c3ccc4nc5c(cc4c3)C[C@@H](C3(C)CC3)CC5)c2)C1. The average molecular weight is 610 g/mol. The highest BCUT2D eigenvalue weighted by molar-refractivity contribution is 5.98. The Labute approximate surface area is 266 Å². The van der Waals surface area contributed by atoms with Crippen LogP contribution in [0.5, 0.6) is 0 Å². The van der Waals surface area contributed by atoms with Gasteiger partial charge in [-0.2, -0.15) is 0 Å². The van der Waals surface area contributed by atoms with Crippen molar-refractivity contribution in [3.8, 4) is 0 Å². The molecule has 2 aliphatic heterocycles. The first-order valence-electron chi connectivity index (χ1n) is 17.0. The number of nitrogens with zero attached hydrogens (tertiary/aromatic N) is 3. The van der Waals surface area contributed by atoms with Crippen LogP contribution in [0.25, 0.3) is 10.9 Å². The van der Waals surface area contributed by atoms with E-state index in [4.69, 9.17) is 4.98 Å². The largest absolute Gasteiger partial charge is 0.395 e. The van der Waals surface area contributed by atoms with Crippen molar-refractivity contribution < 1.29 is 14.7 Å². The molecular formula is C37H47N5O3. The highest BCUT2D eigenvalue weighted by Gasteiger charge is 2.45. The van der Waals surface area contributed by atoms with Gasteiger partial charge in [0.1, 0.15) is 0 Å². The van der Waals surface area contributed by atoms with E-state index in [0.29, 0.717) is 23.0 Å². The van der Waals surface area contributed by atoms with Crippen LogP contribution >= 0.6 is 0 Å². The summed E-state index contributed by atoms with van der Waals surface area (Å²) in [6.45, 7) is 6.00. The molecule has 45 heavy (non-hydrogen) atoms. The van der Waals surface area contributed by atoms with Crippen LogP contribution in [0.15, 0.2) is 48.5 Å². The molecule has 8 nitrogen and oxygen atoms in total. The van der Waals surface area contributed by atoms with Crippen molar-refractivity contribution in [2.45, 2.75) is 76.4 Å². The van der Waals surface area contributed by atoms with Gasteiger partial charge in [-0.05, 0) is 124 Å². The summed E-state index contributed by atoms with van der Waals surface area (Å²) in [7, 11) is 2.04. The number of nitrogens with one attached hydrogen (secondary N) is 2. The fourth-order valence-corrected chi connectivity index (χ4v) is 7.88. The van der Waals surface area contributed by atoms with Crippen LogP contribution in [0.4, 0.5) is 0 Å². The number of hydrogen-bond acceptors (Lipinski definition) is 6. The second-order valence-corrected chi connectivity index (χ2v) is 14.4. The van der Waals surface area contributed by atoms with Gasteiger partial charge in [-0.3, -0.25) is 19.5 Å². The van der Waals surface area contributed by atoms with E-state index in [2.05, 4.69) is 33.4 Å². The van der Waals surface area contributed by atoms with Crippen molar-refractivity contribution in [2.24, 2.45) is 11.3 Å². The molecule has 0 radical (unpaired) electrons. The van der Waals surface area contributed by atoms with Gasteiger partial charge >= 0.3 is 0 Å². The van der Waals surface area contributed by atoms with Crippen LogP contribution in [0, 0.1) is 11.3 Å². The molecule has 2 aliphatic carbocycles. The van der Waals surface area contributed by atoms with Gasteiger partial charge in [-0.25, -0.2) is 0 Å². The van der Waals surface area contributed by atoms with Crippen molar-refractivity contribution in [2.75, 3.05) is 39.8 Å². The fourth-order valence-electron chi connectivity index (χ4n) is 7.88. The number of aryl methyl sites for hydroxylation is 1. The van der Waals surface area contributed by atoms with E-state index in [-0.39, 0.29) is 36.5 Å². The van der Waals surface area contributed by atoms with Gasteiger partial charge < -0.3 is 20.6 Å². The molecule has 238 valence electrons. The standard InChI is InChI=1S/C37H47N5O3/c1-37(13-14-37)29-9-11-33-28(20-29)19-27-18-26(8-10-32(27)39-33)36(45)40-34(12-16-42-15-4-7-31(42)23-43)24-5-3-6-25(17-24)35(44)38-30-21-41(2)22-30/h3,5-6,8,10,17-19,29-31,34,43H,4,7,9,11-16,20-23H2,1-2H3,(H,38,44)(H,40,45)/t29-,31-,34+/m0/s1. The van der Waals surface area contributed by atoms with Crippen LogP contribution in [-0.4, -0.2) is 83.6 Å². The van der Waals surface area contributed by atoms with Gasteiger partial charge in [-0.15, -0.1) is 0 Å². The summed E-state index contributed by atoms with van der Waals surface area (Å²) in [6.07, 6.45) is 8.77. The van der Waals surface area contributed by atoms with Gasteiger partial charge in [0, 0.05) is 47.9 Å². The number of aliphatic hydroxyl groups excluding tert-OH is 1. The third-order valence-electron chi connectivity index (χ3n) is 11.1. The number of carbonyl (C=O) groups is 2. The minimum absolute atomic E-state index is 0.0804. The number of benzene rings is 2. The topological polar surface area (TPSA) is 97.8 Å². The Morgan fingerprint density at radius 1 is 1.07 bits per heavy atom. The van der Waals surface area contributed by atoms with Crippen LogP contribution in [-0.2, 0) is 12.8 Å². The maximum absolute atomic E-state index is 13.8. The molecular weight excluding hydrogens is 562 g/mol. The lowest BCUT2D eigenvalue weighted by molar-refractivity contribution is 0.0857. The maximum atomic E-state index is 13.8. The highest BCUT2D eigenvalue weighted by atomic mass is 16.3. The van der Waals surface area contributed by atoms with Crippen molar-refractivity contribution in [3.63, 3.8) is 0 Å². The molecule has 0 bridgehead atoms. The molecule has 3 N–H and O–H groups in total. The molecule has 0 spiro atoms. The first-order chi connectivity index (χ1) is 21.8. The predicted molar refractivity (Wildman–Crippen MR) is 176 cm³/mol. The van der Waals surface area contributed by atoms with Crippen molar-refractivity contribution >= 4 is 22.7 Å². The minimum atomic E-state index is -0.280. The lowest BCUT2D eigenvalue weighted by Gasteiger charge is -2.36. The number of hydrogen-bond donors (Lipinski definition) is 3. The van der Waals surface area contributed by atoms with E-state index < -0.39 is 0 Å². The van der Waals surface area contributed by atoms with Gasteiger partial charge in [0.2, 0.25) is 0 Å². The molecule has 8 heteroatoms. The summed E-state index contributed by atoms with van der Waals surface area (Å²) in [5.74, 6) is 0.518. The van der Waals surface area contributed by atoms with E-state index >= 15 is 0 Å². The predicted octanol–water partition coefficient (Wildman–Crippen LogP) is 4.50. The molecule has 2 saturated heterocycles. The molecule has 2 aromatic carbocycles. The first kappa shape index (κ1) is 30.3. The monoisotopic (exact) mass is 609 g/mol. The third kappa shape index (κ3) is 6.51. The van der Waals surface area contributed by atoms with Crippen LogP contribution < -0.4 is 10.6 Å². The van der Waals surface area contributed by atoms with E-state index in [1.807, 2.05) is 49.5 Å². The van der Waals surface area contributed by atoms with E-state index in [0.717, 1.165) is 74.2 Å². The molecule has 2 amide bonds. The molecule has 3 heterocycles. The van der Waals surface area contributed by atoms with Crippen molar-refractivity contribution in [1.82, 2.24) is 25.4 Å². The Balaban J connectivity index is 1.11. The summed E-state index contributed by atoms with van der Waals surface area (Å²) in [6, 6.07) is 15.8. The molecule has 3 aromatic rings. The summed E-state index contributed by atoms with van der Waals surface area (Å²) >= 11 is 0. The number of carbonyl (C=O) groups excluding carboxylic acids is 2. The lowest BCUT2D eigenvalue weighted by atomic mass is 9.77. The van der Waals surface area contributed by atoms with E-state index in [1.165, 1.54) is 30.5 Å². The normalized spacial score (nSPS) is 23.7. The third-order valence-corrected chi connectivity index (χ3v) is 11.1. The quantitative estimate of drug-likeness (QED) is 0.313. The molecule has 1 aromatic heterocycles. The number of fused-ring (bicyclic) bond motifs is 2. The van der Waals surface area contributed by atoms with Gasteiger partial charge in [0.15, 0.2) is 0 Å². The zero-order chi connectivity index (χ0) is 31.1. The molecule has 7 rings (SSSR count). The summed E-state index contributed by atoms with van der Waals surface area (Å²) < 4.78 is 0. The van der Waals surface area contributed by atoms with Crippen molar-refractivity contribution in [1.29, 1.82) is 0 Å². The Kier molecular flexibility index (Phi) is 8.40. The average Bonchev–Trinajstić information content (AvgIpc) is 3.62. The van der Waals surface area contributed by atoms with E-state index in [9.17, 15) is 14.7 Å². The van der Waals surface area contributed by atoms with Gasteiger partial charge in [0.05, 0.1) is 24.2 Å². The Bertz CT molecular complexity index is 1580. The number of pyridine rings is 1. The molecule has 0 unspecified atom stereocenters. The Morgan fingerprint density at radius 3 is 2.67 bits per heavy atom. The second-order valence-electron chi connectivity index (χ2n) is 14.4. The summed E-state index contributed by atoms with van der Waals surface area (Å²) in [5, 5.41) is 17.3. The Hall–Kier alpha value is -3.33. The number of amides is 2. The zero-order valence-electron chi connectivity index (χ0n) is 26.7. The van der Waals surface area contributed by atoms with Crippen molar-refractivity contribution in [3.05, 3.63) is 76.5 Å². The fraction of sp³-hybridized carbons (Fsp3) is 0.541. The van der Waals surface area contributed by atoms with Crippen LogP contribution in [0.2, 0.25) is 0 Å². The van der Waals surface area contributed by atoms with Gasteiger partial charge in [-0.1, -0.05) is 19.1 Å². The maximum Gasteiger partial charge on any atom is 0.251 e. The smallest absolute Gasteiger partial charge is 0.251 e. The lowest BCUT2D eigenvalue weighted by Crippen LogP contribution is -2.57. The molecule has 3 fully saturated rings. The first-order valence-corrected chi connectivity index (χ1v) is 17.0. The number of likely N-dealkylation sites (N-methyl/N-ethyl adjacent to an activating group) is 1. The van der Waals surface area contributed by atoms with Gasteiger partial charge in [0.25, 0.3) is 11.8 Å². The van der Waals surface area contributed by atoms with Crippen LogP contribution in [0.1, 0.15) is 89.0 Å². The van der Waals surface area contributed by atoms with E-state index in [1.54, 1.807) is 0 Å². The second kappa shape index (κ2) is 12.5. The highest BCUT2D eigenvalue weighted by Crippen LogP contribution is 2.55. The molecule has 3 atom stereocenters. The number of aromatic nitrogens is 1. The van der Waals surface area contributed by atoms with Crippen LogP contribution in [0.3, 0.4) is 0 Å². The number of aliphatic hydroxyl groups is 1.